The third-order valence-electron chi connectivity index (χ3n) is 3.45. The van der Waals surface area contributed by atoms with Crippen molar-refractivity contribution in [3.63, 3.8) is 0 Å². The SMILES string of the molecule is COc1ccc(C2CC(N)c3ccc(Br)cc3O2)cn1. The van der Waals surface area contributed by atoms with E-state index in [0.29, 0.717) is 5.88 Å². The number of pyridine rings is 1. The largest absolute Gasteiger partial charge is 0.485 e. The Kier molecular flexibility index (Phi) is 3.63. The molecule has 104 valence electrons. The number of benzene rings is 1. The number of nitrogens with zero attached hydrogens (tertiary/aromatic N) is 1. The maximum atomic E-state index is 6.24. The quantitative estimate of drug-likeness (QED) is 0.914. The van der Waals surface area contributed by atoms with Gasteiger partial charge >= 0.3 is 0 Å². The van der Waals surface area contributed by atoms with Crippen molar-refractivity contribution >= 4 is 15.9 Å². The van der Waals surface area contributed by atoms with Crippen LogP contribution < -0.4 is 15.2 Å². The molecule has 1 aromatic carbocycles. The zero-order valence-electron chi connectivity index (χ0n) is 11.0. The van der Waals surface area contributed by atoms with Crippen LogP contribution in [0.2, 0.25) is 0 Å². The molecule has 2 N–H and O–H groups in total. The lowest BCUT2D eigenvalue weighted by atomic mass is 9.94. The second-order valence-corrected chi connectivity index (χ2v) is 5.68. The summed E-state index contributed by atoms with van der Waals surface area (Å²) in [6.07, 6.45) is 2.44. The summed E-state index contributed by atoms with van der Waals surface area (Å²) < 4.78 is 12.1. The highest BCUT2D eigenvalue weighted by molar-refractivity contribution is 9.10. The van der Waals surface area contributed by atoms with E-state index in [1.54, 1.807) is 13.3 Å². The first-order valence-electron chi connectivity index (χ1n) is 6.39. The Hall–Kier alpha value is -1.59. The molecule has 0 bridgehead atoms. The van der Waals surface area contributed by atoms with Crippen LogP contribution in [0.3, 0.4) is 0 Å². The highest BCUT2D eigenvalue weighted by atomic mass is 79.9. The minimum Gasteiger partial charge on any atom is -0.485 e. The maximum Gasteiger partial charge on any atom is 0.212 e. The summed E-state index contributed by atoms with van der Waals surface area (Å²) in [6.45, 7) is 0. The predicted octanol–water partition coefficient (Wildman–Crippen LogP) is 3.38. The summed E-state index contributed by atoms with van der Waals surface area (Å²) in [5.41, 5.74) is 8.29. The van der Waals surface area contributed by atoms with Crippen LogP contribution in [0.5, 0.6) is 11.6 Å². The van der Waals surface area contributed by atoms with E-state index in [-0.39, 0.29) is 12.1 Å². The molecule has 0 amide bonds. The molecule has 2 unspecified atom stereocenters. The molecule has 4 nitrogen and oxygen atoms in total. The summed E-state index contributed by atoms with van der Waals surface area (Å²) in [6, 6.07) is 9.72. The number of nitrogens with two attached hydrogens (primary N) is 1. The molecule has 0 aliphatic carbocycles. The van der Waals surface area contributed by atoms with Gasteiger partial charge in [0.15, 0.2) is 0 Å². The normalized spacial score (nSPS) is 20.9. The average Bonchev–Trinajstić information content (AvgIpc) is 2.46. The van der Waals surface area contributed by atoms with Gasteiger partial charge in [-0.1, -0.05) is 22.0 Å². The van der Waals surface area contributed by atoms with E-state index in [0.717, 1.165) is 27.8 Å². The van der Waals surface area contributed by atoms with Gasteiger partial charge in [0, 0.05) is 40.3 Å². The van der Waals surface area contributed by atoms with Crippen molar-refractivity contribution in [2.75, 3.05) is 7.11 Å². The molecule has 2 aromatic rings. The molecule has 2 heterocycles. The van der Waals surface area contributed by atoms with Crippen LogP contribution in [0.25, 0.3) is 0 Å². The van der Waals surface area contributed by atoms with Crippen molar-refractivity contribution in [1.82, 2.24) is 4.98 Å². The van der Waals surface area contributed by atoms with E-state index in [9.17, 15) is 0 Å². The molecule has 0 radical (unpaired) electrons. The first kappa shape index (κ1) is 13.4. The van der Waals surface area contributed by atoms with Gasteiger partial charge in [0.2, 0.25) is 5.88 Å². The van der Waals surface area contributed by atoms with Gasteiger partial charge in [0.1, 0.15) is 11.9 Å². The summed E-state index contributed by atoms with van der Waals surface area (Å²) in [5, 5.41) is 0. The fourth-order valence-electron chi connectivity index (χ4n) is 2.38. The van der Waals surface area contributed by atoms with Crippen molar-refractivity contribution in [2.24, 2.45) is 5.73 Å². The van der Waals surface area contributed by atoms with Gasteiger partial charge in [-0.05, 0) is 18.2 Å². The molecule has 2 atom stereocenters. The summed E-state index contributed by atoms with van der Waals surface area (Å²) >= 11 is 3.46. The van der Waals surface area contributed by atoms with Crippen LogP contribution >= 0.6 is 15.9 Å². The zero-order valence-corrected chi connectivity index (χ0v) is 12.6. The Bertz CT molecular complexity index is 616. The molecular formula is C15H15BrN2O2. The van der Waals surface area contributed by atoms with E-state index >= 15 is 0 Å². The van der Waals surface area contributed by atoms with E-state index < -0.39 is 0 Å². The Labute approximate surface area is 126 Å². The lowest BCUT2D eigenvalue weighted by Gasteiger charge is -2.30. The molecule has 5 heteroatoms. The fraction of sp³-hybridized carbons (Fsp3) is 0.267. The molecule has 20 heavy (non-hydrogen) atoms. The molecule has 1 aromatic heterocycles. The van der Waals surface area contributed by atoms with Crippen molar-refractivity contribution in [3.05, 3.63) is 52.1 Å². The Morgan fingerprint density at radius 3 is 2.90 bits per heavy atom. The number of rotatable bonds is 2. The molecule has 1 aliphatic heterocycles. The van der Waals surface area contributed by atoms with Crippen LogP contribution in [0.4, 0.5) is 0 Å². The third kappa shape index (κ3) is 2.51. The lowest BCUT2D eigenvalue weighted by molar-refractivity contribution is 0.161. The first-order chi connectivity index (χ1) is 9.67. The molecule has 0 saturated carbocycles. The van der Waals surface area contributed by atoms with E-state index in [4.69, 9.17) is 15.2 Å². The van der Waals surface area contributed by atoms with Gasteiger partial charge in [-0.3, -0.25) is 0 Å². The standard InChI is InChI=1S/C15H15BrN2O2/c1-19-15-5-2-9(8-18-15)13-7-12(17)11-4-3-10(16)6-14(11)20-13/h2-6,8,12-13H,7,17H2,1H3. The fourth-order valence-corrected chi connectivity index (χ4v) is 2.72. The Morgan fingerprint density at radius 1 is 1.35 bits per heavy atom. The van der Waals surface area contributed by atoms with Crippen molar-refractivity contribution in [1.29, 1.82) is 0 Å². The number of halogens is 1. The topological polar surface area (TPSA) is 57.4 Å². The van der Waals surface area contributed by atoms with E-state index in [2.05, 4.69) is 20.9 Å². The highest BCUT2D eigenvalue weighted by Crippen LogP contribution is 2.40. The van der Waals surface area contributed by atoms with Gasteiger partial charge in [-0.25, -0.2) is 4.98 Å². The second kappa shape index (κ2) is 5.42. The lowest BCUT2D eigenvalue weighted by Crippen LogP contribution is -2.24. The average molecular weight is 335 g/mol. The third-order valence-corrected chi connectivity index (χ3v) is 3.95. The van der Waals surface area contributed by atoms with Crippen molar-refractivity contribution in [3.8, 4) is 11.6 Å². The van der Waals surface area contributed by atoms with Crippen LogP contribution in [-0.4, -0.2) is 12.1 Å². The van der Waals surface area contributed by atoms with Crippen molar-refractivity contribution < 1.29 is 9.47 Å². The number of hydrogen-bond donors (Lipinski definition) is 1. The minimum atomic E-state index is -0.0785. The number of hydrogen-bond acceptors (Lipinski definition) is 4. The molecule has 0 spiro atoms. The summed E-state index contributed by atoms with van der Waals surface area (Å²) in [4.78, 5) is 4.22. The number of ether oxygens (including phenoxy) is 2. The van der Waals surface area contributed by atoms with Crippen LogP contribution in [0.15, 0.2) is 41.0 Å². The summed E-state index contributed by atoms with van der Waals surface area (Å²) in [7, 11) is 1.60. The molecule has 0 saturated heterocycles. The van der Waals surface area contributed by atoms with Crippen LogP contribution in [-0.2, 0) is 0 Å². The first-order valence-corrected chi connectivity index (χ1v) is 7.18. The smallest absolute Gasteiger partial charge is 0.212 e. The maximum absolute atomic E-state index is 6.24. The van der Waals surface area contributed by atoms with Gasteiger partial charge in [0.05, 0.1) is 7.11 Å². The van der Waals surface area contributed by atoms with Crippen LogP contribution in [0, 0.1) is 0 Å². The number of fused-ring (bicyclic) bond motifs is 1. The Balaban J connectivity index is 1.89. The monoisotopic (exact) mass is 334 g/mol. The molecule has 1 aliphatic rings. The minimum absolute atomic E-state index is 0.0287. The van der Waals surface area contributed by atoms with Gasteiger partial charge in [-0.2, -0.15) is 0 Å². The van der Waals surface area contributed by atoms with E-state index in [1.165, 1.54) is 0 Å². The van der Waals surface area contributed by atoms with Crippen molar-refractivity contribution in [2.45, 2.75) is 18.6 Å². The second-order valence-electron chi connectivity index (χ2n) is 4.76. The summed E-state index contributed by atoms with van der Waals surface area (Å²) in [5.74, 6) is 1.43. The number of aromatic nitrogens is 1. The van der Waals surface area contributed by atoms with Gasteiger partial charge < -0.3 is 15.2 Å². The van der Waals surface area contributed by atoms with Gasteiger partial charge in [0.25, 0.3) is 0 Å². The highest BCUT2D eigenvalue weighted by Gasteiger charge is 2.27. The molecule has 3 rings (SSSR count). The van der Waals surface area contributed by atoms with E-state index in [1.807, 2.05) is 30.3 Å². The molecular weight excluding hydrogens is 320 g/mol. The zero-order chi connectivity index (χ0) is 14.1. The van der Waals surface area contributed by atoms with Crippen LogP contribution in [0.1, 0.15) is 29.7 Å². The predicted molar refractivity (Wildman–Crippen MR) is 79.8 cm³/mol. The Morgan fingerprint density at radius 2 is 2.20 bits per heavy atom. The molecule has 0 fully saturated rings. The number of methoxy groups -OCH3 is 1. The van der Waals surface area contributed by atoms with Gasteiger partial charge in [-0.15, -0.1) is 0 Å².